The van der Waals surface area contributed by atoms with Crippen molar-refractivity contribution in [1.29, 1.82) is 5.26 Å². The summed E-state index contributed by atoms with van der Waals surface area (Å²) in [6.45, 7) is 8.19. The van der Waals surface area contributed by atoms with Crippen molar-refractivity contribution in [1.82, 2.24) is 10.2 Å². The molecule has 0 radical (unpaired) electrons. The zero-order valence-corrected chi connectivity index (χ0v) is 22.9. The molecular formula is C29H43N3O5. The van der Waals surface area contributed by atoms with Gasteiger partial charge in [-0.2, -0.15) is 5.26 Å². The van der Waals surface area contributed by atoms with Gasteiger partial charge in [0.25, 0.3) is 5.91 Å². The third-order valence-electron chi connectivity index (χ3n) is 8.95. The van der Waals surface area contributed by atoms with Crippen molar-refractivity contribution < 1.29 is 24.2 Å². The minimum Gasteiger partial charge on any atom is -0.392 e. The van der Waals surface area contributed by atoms with E-state index in [0.717, 1.165) is 25.7 Å². The number of aliphatic hydroxyl groups is 1. The number of nitrogens with one attached hydrogen (secondary N) is 1. The number of carbonyl (C=O) groups is 2. The van der Waals surface area contributed by atoms with Gasteiger partial charge in [0.15, 0.2) is 0 Å². The largest absolute Gasteiger partial charge is 0.392 e. The first kappa shape index (κ1) is 29.1. The van der Waals surface area contributed by atoms with E-state index in [4.69, 9.17) is 14.7 Å². The lowest BCUT2D eigenvalue weighted by Gasteiger charge is -2.56. The molecule has 0 spiro atoms. The van der Waals surface area contributed by atoms with E-state index in [1.165, 1.54) is 0 Å². The first-order valence-corrected chi connectivity index (χ1v) is 13.4. The van der Waals surface area contributed by atoms with Crippen molar-refractivity contribution in [3.8, 4) is 6.07 Å². The maximum atomic E-state index is 13.5. The molecule has 0 bridgehead atoms. The molecule has 1 aromatic carbocycles. The second-order valence-electron chi connectivity index (χ2n) is 11.1. The van der Waals surface area contributed by atoms with Crippen LogP contribution in [0.5, 0.6) is 0 Å². The lowest BCUT2D eigenvalue weighted by atomic mass is 9.51. The fraction of sp³-hybridized carbons (Fsp3) is 0.690. The molecule has 2 fully saturated rings. The Morgan fingerprint density at radius 1 is 1.16 bits per heavy atom. The second-order valence-corrected chi connectivity index (χ2v) is 11.1. The first-order valence-electron chi connectivity index (χ1n) is 13.4. The highest BCUT2D eigenvalue weighted by Gasteiger charge is 2.54. The molecule has 0 heterocycles. The number of hydrogen-bond acceptors (Lipinski definition) is 6. The predicted molar refractivity (Wildman–Crippen MR) is 141 cm³/mol. The Morgan fingerprint density at radius 2 is 1.76 bits per heavy atom. The molecule has 0 unspecified atom stereocenters. The summed E-state index contributed by atoms with van der Waals surface area (Å²) in [4.78, 5) is 28.2. The average Bonchev–Trinajstić information content (AvgIpc) is 2.90. The van der Waals surface area contributed by atoms with E-state index in [1.807, 2.05) is 6.92 Å². The topological polar surface area (TPSA) is 112 Å². The van der Waals surface area contributed by atoms with Crippen LogP contribution in [-0.2, 0) is 14.3 Å². The van der Waals surface area contributed by atoms with E-state index in [0.29, 0.717) is 37.4 Å². The highest BCUT2D eigenvalue weighted by Crippen LogP contribution is 2.55. The summed E-state index contributed by atoms with van der Waals surface area (Å²) in [7, 11) is 3.24. The van der Waals surface area contributed by atoms with Crippen molar-refractivity contribution in [2.45, 2.75) is 58.6 Å². The van der Waals surface area contributed by atoms with Crippen molar-refractivity contribution >= 4 is 11.8 Å². The van der Waals surface area contributed by atoms with Gasteiger partial charge in [-0.05, 0) is 73.1 Å². The summed E-state index contributed by atoms with van der Waals surface area (Å²) in [6, 6.07) is 8.63. The predicted octanol–water partition coefficient (Wildman–Crippen LogP) is 3.24. The number of aliphatic hydroxyl groups excluding tert-OH is 1. The molecule has 1 aromatic rings. The molecule has 0 aliphatic heterocycles. The summed E-state index contributed by atoms with van der Waals surface area (Å²) in [5.41, 5.74) is 1.01. The SMILES string of the molecule is COCCN(CCOC)C(=O)[C@@H](C)[C@H]1CC[C@@]2(C)CC[C@H](NC(=O)c3ccc(C#N)cc3)[C@@H](C)[C@@H]2[C@H]1O. The van der Waals surface area contributed by atoms with Gasteiger partial charge in [0.05, 0.1) is 31.0 Å². The van der Waals surface area contributed by atoms with Gasteiger partial charge in [-0.1, -0.05) is 20.8 Å². The minimum atomic E-state index is -0.631. The van der Waals surface area contributed by atoms with Crippen LogP contribution in [0, 0.1) is 40.4 Å². The Balaban J connectivity index is 1.72. The van der Waals surface area contributed by atoms with Crippen molar-refractivity contribution in [3.05, 3.63) is 35.4 Å². The number of hydrogen-bond donors (Lipinski definition) is 2. The Hall–Kier alpha value is -2.47. The molecule has 2 aliphatic carbocycles. The molecule has 8 nitrogen and oxygen atoms in total. The van der Waals surface area contributed by atoms with Gasteiger partial charge >= 0.3 is 0 Å². The van der Waals surface area contributed by atoms with Crippen LogP contribution in [0.4, 0.5) is 0 Å². The third-order valence-corrected chi connectivity index (χ3v) is 8.95. The molecule has 2 N–H and O–H groups in total. The van der Waals surface area contributed by atoms with E-state index in [-0.39, 0.29) is 46.9 Å². The van der Waals surface area contributed by atoms with Crippen LogP contribution in [0.15, 0.2) is 24.3 Å². The molecule has 8 heteroatoms. The molecule has 2 aliphatic rings. The number of rotatable bonds is 10. The smallest absolute Gasteiger partial charge is 0.251 e. The standard InChI is InChI=1S/C29H43N3O5/c1-19(28(35)32(14-16-36-4)15-17-37-5)23-10-12-29(3)13-11-24(20(2)25(29)26(23)33)31-27(34)22-8-6-21(18-30)7-9-22/h6-9,19-20,23-26,33H,10-17H2,1-5H3,(H,31,34)/t19-,20+,23+,24-,25+,26-,29-/m0/s1. The lowest BCUT2D eigenvalue weighted by molar-refractivity contribution is -0.151. The summed E-state index contributed by atoms with van der Waals surface area (Å²) >= 11 is 0. The monoisotopic (exact) mass is 513 g/mol. The molecular weight excluding hydrogens is 470 g/mol. The normalized spacial score (nSPS) is 30.0. The zero-order chi connectivity index (χ0) is 27.2. The summed E-state index contributed by atoms with van der Waals surface area (Å²) in [5.74, 6) is -0.576. The Bertz CT molecular complexity index is 953. The van der Waals surface area contributed by atoms with Gasteiger partial charge in [0.2, 0.25) is 5.91 Å². The highest BCUT2D eigenvalue weighted by atomic mass is 16.5. The number of ether oxygens (including phenoxy) is 2. The van der Waals surface area contributed by atoms with Crippen molar-refractivity contribution in [2.24, 2.45) is 29.1 Å². The van der Waals surface area contributed by atoms with Crippen LogP contribution in [0.2, 0.25) is 0 Å². The number of amides is 2. The maximum Gasteiger partial charge on any atom is 0.251 e. The van der Waals surface area contributed by atoms with Crippen LogP contribution in [0.1, 0.15) is 62.4 Å². The van der Waals surface area contributed by atoms with Crippen LogP contribution < -0.4 is 5.32 Å². The molecule has 37 heavy (non-hydrogen) atoms. The molecule has 204 valence electrons. The molecule has 7 atom stereocenters. The van der Waals surface area contributed by atoms with Crippen LogP contribution in [0.25, 0.3) is 0 Å². The molecule has 3 rings (SSSR count). The van der Waals surface area contributed by atoms with Crippen LogP contribution in [0.3, 0.4) is 0 Å². The van der Waals surface area contributed by atoms with Crippen LogP contribution in [-0.4, -0.2) is 74.5 Å². The summed E-state index contributed by atoms with van der Waals surface area (Å²) in [5, 5.41) is 23.9. The van der Waals surface area contributed by atoms with Gasteiger partial charge in [-0.25, -0.2) is 0 Å². The summed E-state index contributed by atoms with van der Waals surface area (Å²) in [6.07, 6.45) is 2.89. The molecule has 2 amide bonds. The number of benzene rings is 1. The Kier molecular flexibility index (Phi) is 10.1. The van der Waals surface area contributed by atoms with Gasteiger partial charge in [-0.3, -0.25) is 9.59 Å². The molecule has 0 saturated heterocycles. The number of nitrogens with zero attached hydrogens (tertiary/aromatic N) is 2. The number of methoxy groups -OCH3 is 2. The third kappa shape index (κ3) is 6.51. The molecule has 0 aromatic heterocycles. The van der Waals surface area contributed by atoms with Crippen LogP contribution >= 0.6 is 0 Å². The Morgan fingerprint density at radius 3 is 2.32 bits per heavy atom. The van der Waals surface area contributed by atoms with Gasteiger partial charge in [0.1, 0.15) is 0 Å². The van der Waals surface area contributed by atoms with Gasteiger partial charge in [-0.15, -0.1) is 0 Å². The second kappa shape index (κ2) is 12.9. The fourth-order valence-corrected chi connectivity index (χ4v) is 6.65. The number of carbonyl (C=O) groups excluding carboxylic acids is 2. The van der Waals surface area contributed by atoms with E-state index in [9.17, 15) is 14.7 Å². The number of fused-ring (bicyclic) bond motifs is 1. The summed E-state index contributed by atoms with van der Waals surface area (Å²) < 4.78 is 10.4. The van der Waals surface area contributed by atoms with E-state index in [2.05, 4.69) is 25.2 Å². The fourth-order valence-electron chi connectivity index (χ4n) is 6.65. The van der Waals surface area contributed by atoms with E-state index in [1.54, 1.807) is 43.4 Å². The Labute approximate surface area is 221 Å². The van der Waals surface area contributed by atoms with Gasteiger partial charge in [0, 0.05) is 44.8 Å². The maximum absolute atomic E-state index is 13.5. The van der Waals surface area contributed by atoms with E-state index >= 15 is 0 Å². The van der Waals surface area contributed by atoms with Crippen molar-refractivity contribution in [2.75, 3.05) is 40.5 Å². The quantitative estimate of drug-likeness (QED) is 0.497. The average molecular weight is 514 g/mol. The van der Waals surface area contributed by atoms with E-state index < -0.39 is 6.10 Å². The lowest BCUT2D eigenvalue weighted by Crippen LogP contribution is -2.58. The van der Waals surface area contributed by atoms with Gasteiger partial charge < -0.3 is 24.8 Å². The first-order chi connectivity index (χ1) is 17.7. The zero-order valence-electron chi connectivity index (χ0n) is 22.9. The molecule has 2 saturated carbocycles. The van der Waals surface area contributed by atoms with Crippen molar-refractivity contribution in [3.63, 3.8) is 0 Å². The highest BCUT2D eigenvalue weighted by molar-refractivity contribution is 5.94. The number of nitriles is 1. The minimum absolute atomic E-state index is 0.0204.